The summed E-state index contributed by atoms with van der Waals surface area (Å²) in [4.78, 5) is 11.3. The molecule has 0 spiro atoms. The Morgan fingerprint density at radius 2 is 1.37 bits per heavy atom. The van der Waals surface area contributed by atoms with Crippen LogP contribution in [0.5, 0.6) is 0 Å². The molecule has 2 aromatic carbocycles. The first kappa shape index (κ1) is 14.3. The standard InChI is InChI=1S/C16H14O2.Na/c17-15(18)14-11-16(14,12-7-3-1-4-8-12)13-9-5-2-6-10-13;/h1-10,14H,11H2,(H,17,18);/q;+1. The van der Waals surface area contributed by atoms with Crippen LogP contribution < -0.4 is 29.6 Å². The smallest absolute Gasteiger partial charge is 0.481 e. The van der Waals surface area contributed by atoms with E-state index in [0.717, 1.165) is 11.1 Å². The first-order valence-corrected chi connectivity index (χ1v) is 6.09. The Hall–Kier alpha value is -1.09. The van der Waals surface area contributed by atoms with Crippen molar-refractivity contribution in [3.05, 3.63) is 71.8 Å². The fourth-order valence-corrected chi connectivity index (χ4v) is 2.84. The van der Waals surface area contributed by atoms with Crippen molar-refractivity contribution in [1.82, 2.24) is 0 Å². The van der Waals surface area contributed by atoms with Crippen molar-refractivity contribution in [2.45, 2.75) is 11.8 Å². The number of carboxylic acid groups (broad SMARTS) is 1. The van der Waals surface area contributed by atoms with Crippen LogP contribution in [0, 0.1) is 5.92 Å². The largest absolute Gasteiger partial charge is 1.00 e. The Balaban J connectivity index is 0.00000133. The van der Waals surface area contributed by atoms with Gasteiger partial charge in [0, 0.05) is 5.41 Å². The van der Waals surface area contributed by atoms with Crippen molar-refractivity contribution in [3.63, 3.8) is 0 Å². The molecule has 3 heteroatoms. The van der Waals surface area contributed by atoms with E-state index < -0.39 is 5.97 Å². The van der Waals surface area contributed by atoms with Gasteiger partial charge < -0.3 is 5.11 Å². The molecule has 0 radical (unpaired) electrons. The number of hydrogen-bond donors (Lipinski definition) is 1. The van der Waals surface area contributed by atoms with E-state index in [9.17, 15) is 9.90 Å². The zero-order chi connectivity index (χ0) is 12.6. The molecule has 0 saturated heterocycles. The third-order valence-electron chi connectivity index (χ3n) is 3.84. The monoisotopic (exact) mass is 261 g/mol. The summed E-state index contributed by atoms with van der Waals surface area (Å²) >= 11 is 0. The van der Waals surface area contributed by atoms with Crippen molar-refractivity contribution in [3.8, 4) is 0 Å². The van der Waals surface area contributed by atoms with Gasteiger partial charge in [0.1, 0.15) is 0 Å². The van der Waals surface area contributed by atoms with Crippen LogP contribution in [0.25, 0.3) is 0 Å². The molecule has 1 aliphatic rings. The molecule has 1 fully saturated rings. The van der Waals surface area contributed by atoms with E-state index in [2.05, 4.69) is 0 Å². The van der Waals surface area contributed by atoms with Gasteiger partial charge in [-0.1, -0.05) is 60.7 Å². The van der Waals surface area contributed by atoms with Gasteiger partial charge >= 0.3 is 35.5 Å². The first-order chi connectivity index (χ1) is 8.75. The fraction of sp³-hybridized carbons (Fsp3) is 0.188. The molecule has 1 unspecified atom stereocenters. The van der Waals surface area contributed by atoms with Crippen molar-refractivity contribution in [1.29, 1.82) is 0 Å². The molecule has 1 aliphatic carbocycles. The van der Waals surface area contributed by atoms with Gasteiger partial charge in [0.05, 0.1) is 5.92 Å². The Kier molecular flexibility index (Phi) is 4.14. The molecular formula is C16H14NaO2+. The molecule has 90 valence electrons. The van der Waals surface area contributed by atoms with Crippen LogP contribution >= 0.6 is 0 Å². The van der Waals surface area contributed by atoms with Gasteiger partial charge in [-0.05, 0) is 17.5 Å². The quantitative estimate of drug-likeness (QED) is 0.795. The van der Waals surface area contributed by atoms with Gasteiger partial charge in [-0.15, -0.1) is 0 Å². The molecule has 0 amide bonds. The van der Waals surface area contributed by atoms with Gasteiger partial charge in [0.2, 0.25) is 0 Å². The molecule has 2 nitrogen and oxygen atoms in total. The zero-order valence-electron chi connectivity index (χ0n) is 10.9. The summed E-state index contributed by atoms with van der Waals surface area (Å²) in [6, 6.07) is 19.9. The Bertz CT molecular complexity index is 526. The zero-order valence-corrected chi connectivity index (χ0v) is 12.9. The van der Waals surface area contributed by atoms with E-state index >= 15 is 0 Å². The van der Waals surface area contributed by atoms with Crippen molar-refractivity contribution in [2.75, 3.05) is 0 Å². The van der Waals surface area contributed by atoms with Gasteiger partial charge in [-0.3, -0.25) is 4.79 Å². The van der Waals surface area contributed by atoms with Gasteiger partial charge in [0.15, 0.2) is 0 Å². The Labute approximate surface area is 134 Å². The summed E-state index contributed by atoms with van der Waals surface area (Å²) in [7, 11) is 0. The Morgan fingerprint density at radius 1 is 0.947 bits per heavy atom. The van der Waals surface area contributed by atoms with Crippen LogP contribution in [-0.4, -0.2) is 11.1 Å². The minimum absolute atomic E-state index is 0. The van der Waals surface area contributed by atoms with E-state index in [1.165, 1.54) is 0 Å². The second-order valence-electron chi connectivity index (χ2n) is 4.80. The van der Waals surface area contributed by atoms with Gasteiger partial charge in [-0.25, -0.2) is 0 Å². The number of benzene rings is 2. The number of hydrogen-bond acceptors (Lipinski definition) is 1. The second kappa shape index (κ2) is 5.49. The molecule has 1 saturated carbocycles. The Morgan fingerprint density at radius 3 is 1.68 bits per heavy atom. The van der Waals surface area contributed by atoms with Crippen molar-refractivity contribution >= 4 is 5.97 Å². The summed E-state index contributed by atoms with van der Waals surface area (Å²) in [6.45, 7) is 0. The number of aliphatic carboxylic acids is 1. The molecular weight excluding hydrogens is 247 g/mol. The number of carbonyl (C=O) groups is 1. The normalized spacial score (nSPS) is 19.3. The average molecular weight is 261 g/mol. The summed E-state index contributed by atoms with van der Waals surface area (Å²) in [5.41, 5.74) is 1.88. The van der Waals surface area contributed by atoms with Crippen molar-refractivity contribution in [2.24, 2.45) is 5.92 Å². The molecule has 0 bridgehead atoms. The first-order valence-electron chi connectivity index (χ1n) is 6.09. The average Bonchev–Trinajstić information content (AvgIpc) is 3.18. The second-order valence-corrected chi connectivity index (χ2v) is 4.80. The van der Waals surface area contributed by atoms with Crippen LogP contribution in [0.1, 0.15) is 17.5 Å². The maximum absolute atomic E-state index is 11.3. The van der Waals surface area contributed by atoms with Crippen LogP contribution in [0.3, 0.4) is 0 Å². The van der Waals surface area contributed by atoms with Crippen molar-refractivity contribution < 1.29 is 39.5 Å². The summed E-state index contributed by atoms with van der Waals surface area (Å²) < 4.78 is 0. The van der Waals surface area contributed by atoms with Crippen LogP contribution in [0.4, 0.5) is 0 Å². The molecule has 0 aliphatic heterocycles. The molecule has 0 heterocycles. The summed E-state index contributed by atoms with van der Waals surface area (Å²) in [5.74, 6) is -1.01. The molecule has 3 rings (SSSR count). The predicted molar refractivity (Wildman–Crippen MR) is 69.4 cm³/mol. The summed E-state index contributed by atoms with van der Waals surface area (Å²) in [6.07, 6.45) is 0.691. The third-order valence-corrected chi connectivity index (χ3v) is 3.84. The minimum atomic E-state index is -0.706. The molecule has 2 aromatic rings. The van der Waals surface area contributed by atoms with E-state index in [0.29, 0.717) is 6.42 Å². The third kappa shape index (κ3) is 2.36. The fourth-order valence-electron chi connectivity index (χ4n) is 2.84. The molecule has 0 aromatic heterocycles. The van der Waals surface area contributed by atoms with Crippen LogP contribution in [0.15, 0.2) is 60.7 Å². The van der Waals surface area contributed by atoms with E-state index in [1.54, 1.807) is 0 Å². The molecule has 19 heavy (non-hydrogen) atoms. The van der Waals surface area contributed by atoms with Gasteiger partial charge in [-0.2, -0.15) is 0 Å². The van der Waals surface area contributed by atoms with E-state index in [4.69, 9.17) is 0 Å². The maximum Gasteiger partial charge on any atom is 1.00 e. The predicted octanol–water partition coefficient (Wildman–Crippen LogP) is 0.0812. The minimum Gasteiger partial charge on any atom is -0.481 e. The maximum atomic E-state index is 11.3. The summed E-state index contributed by atoms with van der Waals surface area (Å²) in [5, 5.41) is 9.31. The topological polar surface area (TPSA) is 37.3 Å². The number of carboxylic acids is 1. The van der Waals surface area contributed by atoms with Gasteiger partial charge in [0.25, 0.3) is 0 Å². The van der Waals surface area contributed by atoms with Crippen LogP contribution in [0.2, 0.25) is 0 Å². The van der Waals surface area contributed by atoms with Crippen LogP contribution in [-0.2, 0) is 10.2 Å². The van der Waals surface area contributed by atoms with E-state index in [1.807, 2.05) is 60.7 Å². The SMILES string of the molecule is O=C(O)C1CC1(c1ccccc1)c1ccccc1.[Na+]. The molecule has 1 N–H and O–H groups in total. The van der Waals surface area contributed by atoms with E-state index in [-0.39, 0.29) is 40.9 Å². The molecule has 1 atom stereocenters. The number of rotatable bonds is 3.